The Bertz CT molecular complexity index is 3130. The summed E-state index contributed by atoms with van der Waals surface area (Å²) < 4.78 is 54.8. The summed E-state index contributed by atoms with van der Waals surface area (Å²) in [6, 6.07) is 52.2. The molecule has 0 unspecified atom stereocenters. The van der Waals surface area contributed by atoms with E-state index in [0.29, 0.717) is 27.2 Å². The molecule has 1 aromatic heterocycles. The molecular formula is C56H53N4O10PS. The van der Waals surface area contributed by atoms with Crippen LogP contribution in [0.2, 0.25) is 0 Å². The van der Waals surface area contributed by atoms with E-state index in [-0.39, 0.29) is 31.1 Å². The van der Waals surface area contributed by atoms with Crippen molar-refractivity contribution < 1.29 is 40.6 Å². The summed E-state index contributed by atoms with van der Waals surface area (Å²) in [5.41, 5.74) is 2.78. The normalized spacial score (nSPS) is 16.2. The molecule has 3 amide bonds. The first-order valence-electron chi connectivity index (χ1n) is 23.3. The van der Waals surface area contributed by atoms with Crippen molar-refractivity contribution >= 4 is 45.1 Å². The Balaban J connectivity index is 0.988. The Morgan fingerprint density at radius 2 is 1.29 bits per heavy atom. The molecule has 1 saturated heterocycles. The van der Waals surface area contributed by atoms with Crippen LogP contribution in [0.25, 0.3) is 0 Å². The van der Waals surface area contributed by atoms with E-state index < -0.39 is 52.8 Å². The molecule has 0 saturated carbocycles. The SMILES string of the molecule is C/C=C/P(OS(=O)(=O)ON1C(=O)N2C[C@H]1C(C)=C[C@H]2C(=O)NCc1cc(=O)c(OCc2ccc(OC)cc2)cn1OC(c1ccccc1)c1ccccc1)(c1ccccc1)(c1ccccc1)c1ccccc1. The number of pyridine rings is 1. The topological polar surface area (TPSA) is 155 Å². The van der Waals surface area contributed by atoms with Crippen LogP contribution in [0.15, 0.2) is 217 Å². The predicted octanol–water partition coefficient (Wildman–Crippen LogP) is 7.88. The van der Waals surface area contributed by atoms with Crippen LogP contribution in [0.3, 0.4) is 0 Å². The van der Waals surface area contributed by atoms with Gasteiger partial charge in [0.15, 0.2) is 11.9 Å². The van der Waals surface area contributed by atoms with E-state index in [1.807, 2.05) is 164 Å². The van der Waals surface area contributed by atoms with E-state index in [1.54, 1.807) is 51.1 Å². The monoisotopic (exact) mass is 1000 g/mol. The molecule has 2 bridgehead atoms. The number of benzene rings is 6. The van der Waals surface area contributed by atoms with E-state index in [2.05, 4.69) is 5.32 Å². The Morgan fingerprint density at radius 3 is 1.81 bits per heavy atom. The number of allylic oxidation sites excluding steroid dienone is 1. The molecule has 2 atom stereocenters. The predicted molar refractivity (Wildman–Crippen MR) is 278 cm³/mol. The number of hydrogen-bond donors (Lipinski definition) is 1. The molecule has 3 heterocycles. The van der Waals surface area contributed by atoms with Crippen molar-refractivity contribution in [3.63, 3.8) is 0 Å². The molecule has 0 aliphatic carbocycles. The van der Waals surface area contributed by atoms with Crippen molar-refractivity contribution in [2.24, 2.45) is 0 Å². The van der Waals surface area contributed by atoms with E-state index in [4.69, 9.17) is 22.6 Å². The average molecular weight is 1010 g/mol. The van der Waals surface area contributed by atoms with Gasteiger partial charge in [-0.3, -0.25) is 4.79 Å². The molecule has 0 radical (unpaired) electrons. The van der Waals surface area contributed by atoms with Crippen molar-refractivity contribution in [2.75, 3.05) is 13.7 Å². The second-order valence-corrected chi connectivity index (χ2v) is 22.9. The fourth-order valence-corrected chi connectivity index (χ4v) is 16.7. The Hall–Kier alpha value is -7.81. The molecule has 7 aromatic rings. The zero-order valence-corrected chi connectivity index (χ0v) is 41.5. The van der Waals surface area contributed by atoms with E-state index >= 15 is 0 Å². The second kappa shape index (κ2) is 20.9. The van der Waals surface area contributed by atoms with Crippen molar-refractivity contribution in [2.45, 2.75) is 45.2 Å². The Labute approximate surface area is 418 Å². The van der Waals surface area contributed by atoms with Gasteiger partial charge >= 0.3 is 257 Å². The van der Waals surface area contributed by atoms with Crippen molar-refractivity contribution in [3.8, 4) is 11.5 Å². The van der Waals surface area contributed by atoms with E-state index in [0.717, 1.165) is 21.8 Å². The summed E-state index contributed by atoms with van der Waals surface area (Å²) in [5, 5.41) is 5.40. The zero-order valence-electron chi connectivity index (χ0n) is 39.8. The second-order valence-electron chi connectivity index (χ2n) is 17.3. The summed E-state index contributed by atoms with van der Waals surface area (Å²) in [4.78, 5) is 50.4. The van der Waals surface area contributed by atoms with Gasteiger partial charge in [-0.25, -0.2) is 0 Å². The van der Waals surface area contributed by atoms with Crippen LogP contribution in [-0.2, 0) is 36.6 Å². The number of hydrogen-bond acceptors (Lipinski definition) is 10. The number of urea groups is 1. The van der Waals surface area contributed by atoms with Crippen molar-refractivity contribution in [1.82, 2.24) is 20.0 Å². The number of amides is 3. The van der Waals surface area contributed by atoms with Gasteiger partial charge in [0.05, 0.1) is 13.3 Å². The number of rotatable bonds is 19. The van der Waals surface area contributed by atoms with Crippen LogP contribution in [0.5, 0.6) is 11.5 Å². The van der Waals surface area contributed by atoms with Gasteiger partial charge in [-0.1, -0.05) is 72.8 Å². The van der Waals surface area contributed by atoms with Gasteiger partial charge < -0.3 is 14.3 Å². The molecule has 6 aromatic carbocycles. The summed E-state index contributed by atoms with van der Waals surface area (Å²) in [6.07, 6.45) is 4.16. The minimum absolute atomic E-state index is 0.00651. The van der Waals surface area contributed by atoms with Crippen molar-refractivity contribution in [3.05, 3.63) is 244 Å². The third-order valence-corrected chi connectivity index (χ3v) is 19.9. The fourth-order valence-electron chi connectivity index (χ4n) is 9.25. The number of nitrogens with zero attached hydrogens (tertiary/aromatic N) is 3. The molecular weight excluding hydrogens is 952 g/mol. The summed E-state index contributed by atoms with van der Waals surface area (Å²) in [7, 11) is -3.54. The molecule has 9 rings (SSSR count). The van der Waals surface area contributed by atoms with Crippen molar-refractivity contribution in [1.29, 1.82) is 0 Å². The quantitative estimate of drug-likeness (QED) is 0.0625. The number of carbonyl (C=O) groups is 2. The minimum atomic E-state index is -5.12. The van der Waals surface area contributed by atoms with Crippen LogP contribution in [0, 0.1) is 0 Å². The molecule has 0 spiro atoms. The van der Waals surface area contributed by atoms with Crippen LogP contribution in [-0.4, -0.2) is 60.8 Å². The molecule has 14 nitrogen and oxygen atoms in total. The summed E-state index contributed by atoms with van der Waals surface area (Å²) in [6.45, 7) is -1.32. The number of aromatic nitrogens is 1. The molecule has 72 heavy (non-hydrogen) atoms. The van der Waals surface area contributed by atoms with Crippen LogP contribution in [0.1, 0.15) is 42.3 Å². The van der Waals surface area contributed by atoms with E-state index in [1.165, 1.54) is 21.9 Å². The summed E-state index contributed by atoms with van der Waals surface area (Å²) >= 11 is 0. The maximum atomic E-state index is 14.8. The zero-order chi connectivity index (χ0) is 50.3. The van der Waals surface area contributed by atoms with Gasteiger partial charge in [0.1, 0.15) is 12.4 Å². The molecule has 2 aliphatic rings. The molecule has 368 valence electrons. The third kappa shape index (κ3) is 9.67. The number of hydroxylamine groups is 2. The first-order valence-corrected chi connectivity index (χ1v) is 26.8. The van der Waals surface area contributed by atoms with Crippen LogP contribution < -0.4 is 41.0 Å². The van der Waals surface area contributed by atoms with Gasteiger partial charge in [0, 0.05) is 0 Å². The van der Waals surface area contributed by atoms with Gasteiger partial charge in [0.2, 0.25) is 5.43 Å². The Morgan fingerprint density at radius 1 is 0.764 bits per heavy atom. The number of fused-ring (bicyclic) bond motifs is 2. The van der Waals surface area contributed by atoms with Gasteiger partial charge in [-0.05, 0) is 28.8 Å². The van der Waals surface area contributed by atoms with Gasteiger partial charge in [-0.15, -0.1) is 0 Å². The first kappa shape index (κ1) is 49.2. The molecule has 1 fully saturated rings. The fraction of sp³-hybridized carbons (Fsp3) is 0.161. The maximum absolute atomic E-state index is 14.8. The summed E-state index contributed by atoms with van der Waals surface area (Å²) in [5.74, 6) is 1.88. The van der Waals surface area contributed by atoms with Crippen LogP contribution in [0.4, 0.5) is 4.79 Å². The third-order valence-electron chi connectivity index (χ3n) is 12.8. The molecule has 2 aliphatic heterocycles. The number of carbonyl (C=O) groups excluding carboxylic acids is 2. The van der Waals surface area contributed by atoms with Gasteiger partial charge in [-0.2, -0.15) is 0 Å². The van der Waals surface area contributed by atoms with Crippen LogP contribution >= 0.6 is 6.83 Å². The number of ether oxygens (including phenoxy) is 2. The van der Waals surface area contributed by atoms with E-state index in [9.17, 15) is 22.8 Å². The molecule has 1 N–H and O–H groups in total. The molecule has 16 heteroatoms. The van der Waals surface area contributed by atoms with Gasteiger partial charge in [0.25, 0.3) is 0 Å². The number of methoxy groups -OCH3 is 1. The first-order chi connectivity index (χ1) is 34.9. The Kier molecular flexibility index (Phi) is 14.3. The standard InChI is InChI=1S/C56H53N4O10PS/c1-4-34-71(47-24-14-7-15-25-47,48-26-16-8-17-27-48,49-28-18-9-19-29-49)70-72(64,65)69-60-51-38-58(56(60)63)50(35-41(51)2)55(62)57-37-45-36-52(61)53(67-40-42-30-32-46(66-3)33-31-42)39-59(45)68-54(43-20-10-5-11-21-43)44-22-12-6-13-23-44/h4-36,39,50-51,54H,37-38,40H2,1-3H3,(H,57,62)/b34-4+/t50-,51-/m0/s1. The average Bonchev–Trinajstić information content (AvgIpc) is 3.68. The number of nitrogens with one attached hydrogen (secondary N) is 1.